The Kier molecular flexibility index (Phi) is 8.10. The summed E-state index contributed by atoms with van der Waals surface area (Å²) in [7, 11) is 0. The van der Waals surface area contributed by atoms with Crippen LogP contribution in [0.25, 0.3) is 0 Å². The van der Waals surface area contributed by atoms with Gasteiger partial charge in [-0.1, -0.05) is 89.0 Å². The van der Waals surface area contributed by atoms with Crippen LogP contribution >= 0.6 is 0 Å². The van der Waals surface area contributed by atoms with Crippen LogP contribution in [0.3, 0.4) is 0 Å². The molecule has 0 spiro atoms. The highest BCUT2D eigenvalue weighted by molar-refractivity contribution is 6.31. The monoisotopic (exact) mass is 423 g/mol. The second-order valence-corrected chi connectivity index (χ2v) is 8.29. The Labute approximate surface area is 184 Å². The normalized spacial score (nSPS) is 12.5. The molecule has 5 heteroatoms. The third-order valence-electron chi connectivity index (χ3n) is 5.93. The van der Waals surface area contributed by atoms with E-state index in [0.29, 0.717) is 12.2 Å². The zero-order valence-corrected chi connectivity index (χ0v) is 18.4. The molecule has 0 radical (unpaired) electrons. The molecule has 166 valence electrons. The van der Waals surface area contributed by atoms with Gasteiger partial charge in [-0.15, -0.1) is 0 Å². The number of hydrogen-bond acceptors (Lipinski definition) is 5. The lowest BCUT2D eigenvalue weighted by atomic mass is 9.82. The van der Waals surface area contributed by atoms with Crippen molar-refractivity contribution in [1.82, 2.24) is 0 Å². The second-order valence-electron chi connectivity index (χ2n) is 8.29. The van der Waals surface area contributed by atoms with Gasteiger partial charge in [-0.2, -0.15) is 0 Å². The number of carbonyl (C=O) groups excluding carboxylic acids is 2. The van der Waals surface area contributed by atoms with Crippen molar-refractivity contribution in [3.05, 3.63) is 52.6 Å². The van der Waals surface area contributed by atoms with E-state index in [1.807, 2.05) is 0 Å². The molecular formula is C26H33NO4. The fourth-order valence-electron chi connectivity index (χ4n) is 4.17. The summed E-state index contributed by atoms with van der Waals surface area (Å²) in [4.78, 5) is 25.7. The van der Waals surface area contributed by atoms with Gasteiger partial charge in [-0.3, -0.25) is 9.59 Å². The molecule has 0 atom stereocenters. The van der Waals surface area contributed by atoms with Crippen LogP contribution in [0.1, 0.15) is 103 Å². The van der Waals surface area contributed by atoms with E-state index < -0.39 is 5.78 Å². The van der Waals surface area contributed by atoms with Crippen molar-refractivity contribution in [1.29, 1.82) is 0 Å². The molecule has 3 N–H and O–H groups in total. The maximum Gasteiger partial charge on any atom is 0.198 e. The minimum absolute atomic E-state index is 0.0347. The van der Waals surface area contributed by atoms with E-state index in [1.54, 1.807) is 24.3 Å². The SMILES string of the molecule is CCCCCCCCCCCCOc1cc(O)c2c(c1N)C(=O)c1ccccc1C2=O. The number of nitrogens with two attached hydrogens (primary N) is 1. The molecule has 0 unspecified atom stereocenters. The van der Waals surface area contributed by atoms with Gasteiger partial charge in [0.15, 0.2) is 11.6 Å². The molecule has 2 aromatic rings. The molecule has 0 saturated heterocycles. The van der Waals surface area contributed by atoms with Crippen molar-refractivity contribution in [2.45, 2.75) is 71.1 Å². The van der Waals surface area contributed by atoms with Crippen molar-refractivity contribution in [3.8, 4) is 11.5 Å². The maximum atomic E-state index is 12.9. The number of phenolic OH excluding ortho intramolecular Hbond substituents is 1. The molecule has 0 heterocycles. The third-order valence-corrected chi connectivity index (χ3v) is 5.93. The smallest absolute Gasteiger partial charge is 0.198 e. The molecule has 5 nitrogen and oxygen atoms in total. The minimum Gasteiger partial charge on any atom is -0.507 e. The molecule has 2 aromatic carbocycles. The third kappa shape index (κ3) is 5.27. The molecular weight excluding hydrogens is 390 g/mol. The Morgan fingerprint density at radius 1 is 0.806 bits per heavy atom. The molecule has 0 amide bonds. The Bertz CT molecular complexity index is 935. The van der Waals surface area contributed by atoms with Crippen molar-refractivity contribution in [2.24, 2.45) is 0 Å². The molecule has 31 heavy (non-hydrogen) atoms. The average molecular weight is 424 g/mol. The Balaban J connectivity index is 1.53. The lowest BCUT2D eigenvalue weighted by Crippen LogP contribution is -2.23. The molecule has 0 bridgehead atoms. The number of unbranched alkanes of at least 4 members (excludes halogenated alkanes) is 9. The molecule has 0 saturated carbocycles. The largest absolute Gasteiger partial charge is 0.507 e. The van der Waals surface area contributed by atoms with Gasteiger partial charge in [-0.25, -0.2) is 0 Å². The van der Waals surface area contributed by atoms with Gasteiger partial charge in [-0.05, 0) is 6.42 Å². The quantitative estimate of drug-likeness (QED) is 0.210. The number of phenols is 1. The minimum atomic E-state index is -0.393. The van der Waals surface area contributed by atoms with Crippen molar-refractivity contribution < 1.29 is 19.4 Å². The van der Waals surface area contributed by atoms with Gasteiger partial charge in [0, 0.05) is 17.2 Å². The van der Waals surface area contributed by atoms with E-state index in [9.17, 15) is 14.7 Å². The molecule has 1 aliphatic rings. The molecule has 3 rings (SSSR count). The van der Waals surface area contributed by atoms with Crippen LogP contribution in [0.15, 0.2) is 30.3 Å². The van der Waals surface area contributed by atoms with Crippen molar-refractivity contribution in [3.63, 3.8) is 0 Å². The van der Waals surface area contributed by atoms with E-state index in [4.69, 9.17) is 10.5 Å². The highest BCUT2D eigenvalue weighted by atomic mass is 16.5. The van der Waals surface area contributed by atoms with Crippen LogP contribution in [0, 0.1) is 0 Å². The number of carbonyl (C=O) groups is 2. The lowest BCUT2D eigenvalue weighted by Gasteiger charge is -2.21. The fourth-order valence-corrected chi connectivity index (χ4v) is 4.17. The second kappa shape index (κ2) is 11.0. The summed E-state index contributed by atoms with van der Waals surface area (Å²) < 4.78 is 5.78. The topological polar surface area (TPSA) is 89.6 Å². The standard InChI is InChI=1S/C26H33NO4/c1-2-3-4-5-6-7-8-9-10-13-16-31-21-17-20(28)22-23(24(21)27)26(30)19-15-12-11-14-18(19)25(22)29/h11-12,14-15,17,28H,2-10,13,16,27H2,1H3. The molecule has 0 aliphatic heterocycles. The van der Waals surface area contributed by atoms with Crippen LogP contribution in [-0.4, -0.2) is 23.3 Å². The van der Waals surface area contributed by atoms with Gasteiger partial charge in [0.25, 0.3) is 0 Å². The number of hydrogen-bond donors (Lipinski definition) is 2. The predicted molar refractivity (Wildman–Crippen MR) is 123 cm³/mol. The highest BCUT2D eigenvalue weighted by Gasteiger charge is 2.35. The van der Waals surface area contributed by atoms with Gasteiger partial charge in [0.2, 0.25) is 0 Å². The van der Waals surface area contributed by atoms with E-state index in [1.165, 1.54) is 57.4 Å². The summed E-state index contributed by atoms with van der Waals surface area (Å²) in [5, 5.41) is 10.4. The first-order chi connectivity index (χ1) is 15.1. The number of nitrogen functional groups attached to an aromatic ring is 1. The summed E-state index contributed by atoms with van der Waals surface area (Å²) in [5.41, 5.74) is 6.92. The summed E-state index contributed by atoms with van der Waals surface area (Å²) >= 11 is 0. The Morgan fingerprint density at radius 2 is 1.32 bits per heavy atom. The summed E-state index contributed by atoms with van der Waals surface area (Å²) in [6, 6.07) is 7.94. The zero-order valence-electron chi connectivity index (χ0n) is 18.4. The van der Waals surface area contributed by atoms with E-state index in [2.05, 4.69) is 6.92 Å². The zero-order chi connectivity index (χ0) is 22.2. The number of fused-ring (bicyclic) bond motifs is 2. The fraction of sp³-hybridized carbons (Fsp3) is 0.462. The van der Waals surface area contributed by atoms with E-state index in [-0.39, 0.29) is 39.7 Å². The van der Waals surface area contributed by atoms with Crippen LogP contribution in [0.2, 0.25) is 0 Å². The number of ketones is 2. The van der Waals surface area contributed by atoms with Crippen LogP contribution < -0.4 is 10.5 Å². The molecule has 0 fully saturated rings. The van der Waals surface area contributed by atoms with Crippen molar-refractivity contribution in [2.75, 3.05) is 12.3 Å². The van der Waals surface area contributed by atoms with Crippen LogP contribution in [0.5, 0.6) is 11.5 Å². The Hall–Kier alpha value is -2.82. The number of benzene rings is 2. The molecule has 1 aliphatic carbocycles. The number of rotatable bonds is 12. The number of anilines is 1. The number of aromatic hydroxyl groups is 1. The van der Waals surface area contributed by atoms with Crippen LogP contribution in [-0.2, 0) is 0 Å². The van der Waals surface area contributed by atoms with Crippen LogP contribution in [0.4, 0.5) is 5.69 Å². The Morgan fingerprint density at radius 3 is 1.90 bits per heavy atom. The van der Waals surface area contributed by atoms with Crippen molar-refractivity contribution >= 4 is 17.3 Å². The summed E-state index contributed by atoms with van der Waals surface area (Å²) in [5.74, 6) is -0.763. The van der Waals surface area contributed by atoms with E-state index >= 15 is 0 Å². The number of ether oxygens (including phenoxy) is 1. The first kappa shape index (κ1) is 22.9. The first-order valence-electron chi connectivity index (χ1n) is 11.5. The lowest BCUT2D eigenvalue weighted by molar-refractivity contribution is 0.0977. The average Bonchev–Trinajstić information content (AvgIpc) is 2.77. The highest BCUT2D eigenvalue weighted by Crippen LogP contribution is 2.41. The van der Waals surface area contributed by atoms with Gasteiger partial charge in [0.1, 0.15) is 11.5 Å². The van der Waals surface area contributed by atoms with E-state index in [0.717, 1.165) is 12.8 Å². The maximum absolute atomic E-state index is 12.9. The van der Waals surface area contributed by atoms with Gasteiger partial charge >= 0.3 is 0 Å². The predicted octanol–water partition coefficient (Wildman–Crippen LogP) is 6.05. The summed E-state index contributed by atoms with van der Waals surface area (Å²) in [6.07, 6.45) is 12.3. The molecule has 0 aromatic heterocycles. The van der Waals surface area contributed by atoms with Gasteiger partial charge in [0.05, 0.1) is 23.4 Å². The van der Waals surface area contributed by atoms with Gasteiger partial charge < -0.3 is 15.6 Å². The first-order valence-corrected chi connectivity index (χ1v) is 11.5. The summed E-state index contributed by atoms with van der Waals surface area (Å²) in [6.45, 7) is 2.69.